The summed E-state index contributed by atoms with van der Waals surface area (Å²) in [6, 6.07) is 55.6. The monoisotopic (exact) mass is 644 g/mol. The van der Waals surface area contributed by atoms with E-state index in [1.54, 1.807) is 0 Å². The Labute approximate surface area is 289 Å². The van der Waals surface area contributed by atoms with Crippen molar-refractivity contribution in [1.82, 2.24) is 4.98 Å². The molecule has 2 heterocycles. The zero-order valence-electron chi connectivity index (χ0n) is 27.7. The molecule has 0 unspecified atom stereocenters. The van der Waals surface area contributed by atoms with Crippen molar-refractivity contribution in [1.29, 1.82) is 0 Å². The number of rotatable bonds is 5. The van der Waals surface area contributed by atoms with Crippen LogP contribution in [0, 0.1) is 0 Å². The van der Waals surface area contributed by atoms with Crippen molar-refractivity contribution in [3.8, 4) is 33.7 Å². The maximum Gasteiger partial charge on any atom is 0.227 e. The highest BCUT2D eigenvalue weighted by atomic mass is 16.4. The molecule has 0 radical (unpaired) electrons. The molecule has 9 aromatic rings. The van der Waals surface area contributed by atoms with Gasteiger partial charge in [0.15, 0.2) is 5.58 Å². The fourth-order valence-electron chi connectivity index (χ4n) is 7.76. The molecule has 0 saturated heterocycles. The van der Waals surface area contributed by atoms with Crippen molar-refractivity contribution in [2.24, 2.45) is 0 Å². The Morgan fingerprint density at radius 1 is 0.460 bits per heavy atom. The van der Waals surface area contributed by atoms with E-state index >= 15 is 0 Å². The number of oxazole rings is 1. The lowest BCUT2D eigenvalue weighted by atomic mass is 9.82. The van der Waals surface area contributed by atoms with E-state index in [-0.39, 0.29) is 5.41 Å². The van der Waals surface area contributed by atoms with Crippen LogP contribution in [0.25, 0.3) is 66.7 Å². The molecule has 0 fully saturated rings. The molecule has 0 aliphatic heterocycles. The predicted octanol–water partition coefficient (Wildman–Crippen LogP) is 12.8. The van der Waals surface area contributed by atoms with Crippen LogP contribution < -0.4 is 4.90 Å². The molecule has 4 nitrogen and oxygen atoms in total. The maximum absolute atomic E-state index is 6.40. The summed E-state index contributed by atoms with van der Waals surface area (Å²) < 4.78 is 12.5. The Bertz CT molecular complexity index is 2720. The van der Waals surface area contributed by atoms with E-state index in [1.165, 1.54) is 22.3 Å². The van der Waals surface area contributed by atoms with Gasteiger partial charge in [-0.2, -0.15) is 0 Å². The van der Waals surface area contributed by atoms with Crippen LogP contribution in [0.3, 0.4) is 0 Å². The molecule has 0 N–H and O–H groups in total. The second-order valence-corrected chi connectivity index (χ2v) is 13.6. The van der Waals surface area contributed by atoms with Crippen LogP contribution in [0.5, 0.6) is 0 Å². The molecule has 238 valence electrons. The number of benzene rings is 7. The zero-order chi connectivity index (χ0) is 33.4. The van der Waals surface area contributed by atoms with E-state index in [4.69, 9.17) is 13.8 Å². The first-order valence-electron chi connectivity index (χ1n) is 17.0. The lowest BCUT2D eigenvalue weighted by Crippen LogP contribution is -2.15. The van der Waals surface area contributed by atoms with Crippen LogP contribution in [0.1, 0.15) is 25.0 Å². The van der Waals surface area contributed by atoms with Crippen molar-refractivity contribution in [3.05, 3.63) is 169 Å². The van der Waals surface area contributed by atoms with Crippen LogP contribution in [-0.2, 0) is 5.41 Å². The van der Waals surface area contributed by atoms with Gasteiger partial charge in [-0.05, 0) is 100 Å². The van der Waals surface area contributed by atoms with Crippen molar-refractivity contribution in [3.63, 3.8) is 0 Å². The molecular weight excluding hydrogens is 613 g/mol. The lowest BCUT2D eigenvalue weighted by Gasteiger charge is -2.27. The highest BCUT2D eigenvalue weighted by molar-refractivity contribution is 6.09. The fraction of sp³-hybridized carbons (Fsp3) is 0.0652. The summed E-state index contributed by atoms with van der Waals surface area (Å²) in [7, 11) is 0. The van der Waals surface area contributed by atoms with Gasteiger partial charge in [-0.25, -0.2) is 4.98 Å². The second kappa shape index (κ2) is 10.8. The van der Waals surface area contributed by atoms with E-state index in [2.05, 4.69) is 140 Å². The summed E-state index contributed by atoms with van der Waals surface area (Å²) in [5, 5.41) is 2.09. The molecule has 7 aromatic carbocycles. The molecule has 0 atom stereocenters. The highest BCUT2D eigenvalue weighted by Gasteiger charge is 2.35. The van der Waals surface area contributed by atoms with E-state index in [1.807, 2.05) is 36.4 Å². The van der Waals surface area contributed by atoms with Crippen LogP contribution >= 0.6 is 0 Å². The van der Waals surface area contributed by atoms with Gasteiger partial charge in [-0.1, -0.05) is 98.8 Å². The number of furan rings is 1. The Balaban J connectivity index is 1.01. The van der Waals surface area contributed by atoms with Crippen LogP contribution in [0.4, 0.5) is 17.1 Å². The normalized spacial score (nSPS) is 13.2. The number of aromatic nitrogens is 1. The topological polar surface area (TPSA) is 42.4 Å². The van der Waals surface area contributed by atoms with Gasteiger partial charge >= 0.3 is 0 Å². The second-order valence-electron chi connectivity index (χ2n) is 13.6. The van der Waals surface area contributed by atoms with Gasteiger partial charge in [0.2, 0.25) is 5.89 Å². The first-order chi connectivity index (χ1) is 24.5. The summed E-state index contributed by atoms with van der Waals surface area (Å²) in [6.07, 6.45) is 0. The molecule has 0 amide bonds. The number of hydrogen-bond acceptors (Lipinski definition) is 4. The molecule has 0 spiro atoms. The fourth-order valence-corrected chi connectivity index (χ4v) is 7.76. The lowest BCUT2D eigenvalue weighted by molar-refractivity contribution is 0.617. The van der Waals surface area contributed by atoms with Crippen LogP contribution in [0.15, 0.2) is 167 Å². The molecular formula is C46H32N2O2. The summed E-state index contributed by atoms with van der Waals surface area (Å²) in [5.41, 5.74) is 15.0. The Morgan fingerprint density at radius 2 is 1.12 bits per heavy atom. The van der Waals surface area contributed by atoms with Gasteiger partial charge in [0, 0.05) is 44.9 Å². The summed E-state index contributed by atoms with van der Waals surface area (Å²) in [6.45, 7) is 4.65. The summed E-state index contributed by atoms with van der Waals surface area (Å²) >= 11 is 0. The molecule has 50 heavy (non-hydrogen) atoms. The third kappa shape index (κ3) is 4.42. The molecule has 0 saturated carbocycles. The van der Waals surface area contributed by atoms with Gasteiger partial charge in [-0.3, -0.25) is 0 Å². The molecule has 4 heteroatoms. The maximum atomic E-state index is 6.40. The molecule has 1 aliphatic rings. The van der Waals surface area contributed by atoms with Gasteiger partial charge in [0.25, 0.3) is 0 Å². The number of nitrogens with zero attached hydrogens (tertiary/aromatic N) is 2. The SMILES string of the molecule is CC1(C)c2ccccc2-c2cc(N(c3ccccc3)c3ccc(-c4ccc5c(c4)oc4cc6oc(-c7ccccc7)nc6cc45)cc3)ccc21. The predicted molar refractivity (Wildman–Crippen MR) is 204 cm³/mol. The van der Waals surface area contributed by atoms with E-state index in [0.29, 0.717) is 11.5 Å². The average Bonchev–Trinajstić information content (AvgIpc) is 3.81. The minimum absolute atomic E-state index is 0.0295. The van der Waals surface area contributed by atoms with Gasteiger partial charge in [0.1, 0.15) is 16.7 Å². The van der Waals surface area contributed by atoms with E-state index in [9.17, 15) is 0 Å². The minimum atomic E-state index is -0.0295. The summed E-state index contributed by atoms with van der Waals surface area (Å²) in [4.78, 5) is 7.11. The van der Waals surface area contributed by atoms with Gasteiger partial charge < -0.3 is 13.7 Å². The zero-order valence-corrected chi connectivity index (χ0v) is 27.7. The third-order valence-corrected chi connectivity index (χ3v) is 10.3. The van der Waals surface area contributed by atoms with Gasteiger partial charge in [0.05, 0.1) is 0 Å². The van der Waals surface area contributed by atoms with Crippen molar-refractivity contribution in [2.75, 3.05) is 4.90 Å². The van der Waals surface area contributed by atoms with E-state index in [0.717, 1.165) is 61.2 Å². The first kappa shape index (κ1) is 28.6. The van der Waals surface area contributed by atoms with Crippen LogP contribution in [-0.4, -0.2) is 4.98 Å². The van der Waals surface area contributed by atoms with Crippen molar-refractivity contribution < 1.29 is 8.83 Å². The largest absolute Gasteiger partial charge is 0.456 e. The summed E-state index contributed by atoms with van der Waals surface area (Å²) in [5.74, 6) is 0.611. The Hall–Kier alpha value is -6.39. The number of fused-ring (bicyclic) bond motifs is 7. The smallest absolute Gasteiger partial charge is 0.227 e. The standard InChI is InChI=1S/C46H32N2O2/c1-46(2)39-16-10-9-15-35(39)37-26-34(22-24-40(37)46)48(32-13-7-4-8-14-32)33-20-17-29(18-21-33)31-19-23-36-38-27-41-44(28-43(38)49-42(36)25-31)50-45(47-41)30-11-5-3-6-12-30/h3-28H,1-2H3. The van der Waals surface area contributed by atoms with Gasteiger partial charge in [-0.15, -0.1) is 0 Å². The van der Waals surface area contributed by atoms with Crippen molar-refractivity contribution in [2.45, 2.75) is 19.3 Å². The molecule has 1 aliphatic carbocycles. The Kier molecular flexibility index (Phi) is 6.19. The average molecular weight is 645 g/mol. The quantitative estimate of drug-likeness (QED) is 0.187. The first-order valence-corrected chi connectivity index (χ1v) is 17.0. The van der Waals surface area contributed by atoms with E-state index < -0.39 is 0 Å². The van der Waals surface area contributed by atoms with Crippen LogP contribution in [0.2, 0.25) is 0 Å². The van der Waals surface area contributed by atoms with Crippen molar-refractivity contribution >= 4 is 50.1 Å². The Morgan fingerprint density at radius 3 is 1.94 bits per heavy atom. The number of hydrogen-bond donors (Lipinski definition) is 0. The number of anilines is 3. The molecule has 2 aromatic heterocycles. The molecule has 10 rings (SSSR count). The minimum Gasteiger partial charge on any atom is -0.456 e. The third-order valence-electron chi connectivity index (χ3n) is 10.3. The number of para-hydroxylation sites is 1. The highest BCUT2D eigenvalue weighted by Crippen LogP contribution is 2.50. The molecule has 0 bridgehead atoms.